The van der Waals surface area contributed by atoms with Crippen LogP contribution in [0.1, 0.15) is 31.8 Å². The number of anilines is 3. The Labute approximate surface area is 328 Å². The van der Waals surface area contributed by atoms with E-state index in [0.717, 1.165) is 54.0 Å². The third-order valence-corrected chi connectivity index (χ3v) is 10.8. The van der Waals surface area contributed by atoms with Gasteiger partial charge in [0.2, 0.25) is 0 Å². The molecule has 0 amide bonds. The number of hydrogen-bond acceptors (Lipinski definition) is 3. The predicted octanol–water partition coefficient (Wildman–Crippen LogP) is 13.2. The molecule has 4 heteroatoms. The molecule has 0 saturated heterocycles. The molecular weight excluding hydrogens is 773 g/mol. The zero-order valence-corrected chi connectivity index (χ0v) is 31.3. The largest absolute Gasteiger partial charge is 0.311 e. The molecule has 0 bridgehead atoms. The molecule has 8 aromatic carbocycles. The summed E-state index contributed by atoms with van der Waals surface area (Å²) in [5, 5.41) is 0. The second kappa shape index (κ2) is 14.2. The minimum atomic E-state index is -0.128. The summed E-state index contributed by atoms with van der Waals surface area (Å²) in [6, 6.07) is 65.8. The Hall–Kier alpha value is -6.37. The molecule has 0 fully saturated rings. The van der Waals surface area contributed by atoms with Gasteiger partial charge in [0.15, 0.2) is 11.6 Å². The van der Waals surface area contributed by atoms with Gasteiger partial charge in [0.25, 0.3) is 0 Å². The Balaban J connectivity index is 1.04. The van der Waals surface area contributed by atoms with Crippen LogP contribution in [0.3, 0.4) is 0 Å². The zero-order valence-electron chi connectivity index (χ0n) is 29.1. The number of benzene rings is 8. The van der Waals surface area contributed by atoms with Crippen molar-refractivity contribution in [2.45, 2.75) is 0 Å². The van der Waals surface area contributed by atoms with Crippen LogP contribution < -0.4 is 4.90 Å². The maximum atomic E-state index is 13.9. The Morgan fingerprint density at radius 2 is 0.593 bits per heavy atom. The van der Waals surface area contributed by atoms with Crippen molar-refractivity contribution in [1.82, 2.24) is 0 Å². The van der Waals surface area contributed by atoms with E-state index >= 15 is 0 Å². The number of fused-ring (bicyclic) bond motifs is 2. The average Bonchev–Trinajstić information content (AvgIpc) is 3.24. The Morgan fingerprint density at radius 3 is 0.963 bits per heavy atom. The monoisotopic (exact) mass is 805 g/mol. The van der Waals surface area contributed by atoms with Crippen molar-refractivity contribution in [3.8, 4) is 44.5 Å². The summed E-state index contributed by atoms with van der Waals surface area (Å²) < 4.78 is 1.14. The van der Waals surface area contributed by atoms with Crippen LogP contribution in [0.5, 0.6) is 0 Å². The Kier molecular flexibility index (Phi) is 8.81. The van der Waals surface area contributed by atoms with Gasteiger partial charge in [-0.1, -0.05) is 121 Å². The van der Waals surface area contributed by atoms with Crippen molar-refractivity contribution in [2.75, 3.05) is 4.90 Å². The number of halogens is 1. The lowest BCUT2D eigenvalue weighted by Gasteiger charge is -2.26. The van der Waals surface area contributed by atoms with E-state index in [2.05, 4.69) is 149 Å². The summed E-state index contributed by atoms with van der Waals surface area (Å²) in [5.41, 5.74) is 13.3. The number of nitrogens with zero attached hydrogens (tertiary/aromatic N) is 1. The highest BCUT2D eigenvalue weighted by molar-refractivity contribution is 14.1. The molecule has 0 aliphatic heterocycles. The second-order valence-corrected chi connectivity index (χ2v) is 14.6. The Bertz CT molecular complexity index is 2570. The third-order valence-electron chi connectivity index (χ3n) is 10.1. The van der Waals surface area contributed by atoms with Gasteiger partial charge in [-0.25, -0.2) is 0 Å². The van der Waals surface area contributed by atoms with E-state index < -0.39 is 0 Å². The van der Waals surface area contributed by atoms with Crippen molar-refractivity contribution in [1.29, 1.82) is 0 Å². The van der Waals surface area contributed by atoms with Gasteiger partial charge >= 0.3 is 0 Å². The molecule has 256 valence electrons. The first-order valence-electron chi connectivity index (χ1n) is 17.9. The standard InChI is InChI=1S/C50H32INO2/c51-41-21-11-37(12-22-41)39-19-29-45-47(31-39)49(53)46-30-20-40(32-48(46)50(45)54)38-17-27-44(28-18-38)52(42-23-13-35(14-24-42)33-7-3-1-4-8-33)43-25-15-36(16-26-43)34-9-5-2-6-10-34/h1-32H. The first-order valence-corrected chi connectivity index (χ1v) is 18.9. The van der Waals surface area contributed by atoms with E-state index in [9.17, 15) is 9.59 Å². The maximum absolute atomic E-state index is 13.9. The van der Waals surface area contributed by atoms with Crippen LogP contribution in [-0.4, -0.2) is 11.6 Å². The molecule has 1 aliphatic rings. The van der Waals surface area contributed by atoms with Crippen LogP contribution >= 0.6 is 22.6 Å². The molecule has 0 N–H and O–H groups in total. The number of rotatable bonds is 7. The molecule has 0 saturated carbocycles. The first-order chi connectivity index (χ1) is 26.5. The van der Waals surface area contributed by atoms with Crippen molar-refractivity contribution in [2.24, 2.45) is 0 Å². The van der Waals surface area contributed by atoms with Crippen molar-refractivity contribution >= 4 is 51.2 Å². The van der Waals surface area contributed by atoms with E-state index in [1.807, 2.05) is 60.7 Å². The zero-order chi connectivity index (χ0) is 36.6. The first kappa shape index (κ1) is 33.5. The van der Waals surface area contributed by atoms with E-state index in [4.69, 9.17) is 0 Å². The van der Waals surface area contributed by atoms with Crippen LogP contribution in [0.4, 0.5) is 17.1 Å². The molecule has 0 unspecified atom stereocenters. The quantitative estimate of drug-likeness (QED) is 0.151. The smallest absolute Gasteiger partial charge is 0.194 e. The molecule has 9 rings (SSSR count). The molecule has 1 aliphatic carbocycles. The lowest BCUT2D eigenvalue weighted by molar-refractivity contribution is 0.0979. The SMILES string of the molecule is O=C1c2ccc(-c3ccc(N(c4ccc(-c5ccccc5)cc4)c4ccc(-c5ccccc5)cc4)cc3)cc2C(=O)c2ccc(-c3ccc(I)cc3)cc21. The van der Waals surface area contributed by atoms with Crippen molar-refractivity contribution < 1.29 is 9.59 Å². The van der Waals surface area contributed by atoms with Crippen LogP contribution in [0.15, 0.2) is 194 Å². The molecule has 0 heterocycles. The molecule has 3 nitrogen and oxygen atoms in total. The molecule has 0 atom stereocenters. The number of hydrogen-bond donors (Lipinski definition) is 0. The predicted molar refractivity (Wildman–Crippen MR) is 229 cm³/mol. The highest BCUT2D eigenvalue weighted by Crippen LogP contribution is 2.39. The summed E-state index contributed by atoms with van der Waals surface area (Å²) in [6.07, 6.45) is 0. The van der Waals surface area contributed by atoms with Crippen molar-refractivity contribution in [3.63, 3.8) is 0 Å². The van der Waals surface area contributed by atoms with Crippen LogP contribution in [-0.2, 0) is 0 Å². The molecule has 0 radical (unpaired) electrons. The average molecular weight is 806 g/mol. The van der Waals surface area contributed by atoms with Crippen LogP contribution in [0.2, 0.25) is 0 Å². The maximum Gasteiger partial charge on any atom is 0.194 e. The molecular formula is C50H32INO2. The van der Waals surface area contributed by atoms with Crippen LogP contribution in [0, 0.1) is 3.57 Å². The molecule has 0 spiro atoms. The Morgan fingerprint density at radius 1 is 0.296 bits per heavy atom. The number of carbonyl (C=O) groups excluding carboxylic acids is 2. The minimum absolute atomic E-state index is 0.124. The van der Waals surface area contributed by atoms with E-state index in [0.29, 0.717) is 22.3 Å². The summed E-state index contributed by atoms with van der Waals surface area (Å²) in [7, 11) is 0. The fraction of sp³-hybridized carbons (Fsp3) is 0. The van der Waals surface area contributed by atoms with Gasteiger partial charge in [-0.05, 0) is 140 Å². The van der Waals surface area contributed by atoms with Gasteiger partial charge in [-0.15, -0.1) is 0 Å². The summed E-state index contributed by atoms with van der Waals surface area (Å²) in [5.74, 6) is -0.252. The van der Waals surface area contributed by atoms with Gasteiger partial charge in [0.1, 0.15) is 0 Å². The van der Waals surface area contributed by atoms with Crippen LogP contribution in [0.25, 0.3) is 44.5 Å². The minimum Gasteiger partial charge on any atom is -0.311 e. The highest BCUT2D eigenvalue weighted by atomic mass is 127. The fourth-order valence-corrected chi connectivity index (χ4v) is 7.63. The highest BCUT2D eigenvalue weighted by Gasteiger charge is 2.30. The second-order valence-electron chi connectivity index (χ2n) is 13.4. The number of ketones is 2. The lowest BCUT2D eigenvalue weighted by Crippen LogP contribution is -2.21. The van der Waals surface area contributed by atoms with Gasteiger partial charge in [0, 0.05) is 42.9 Å². The van der Waals surface area contributed by atoms with Gasteiger partial charge in [0.05, 0.1) is 0 Å². The molecule has 54 heavy (non-hydrogen) atoms. The van der Waals surface area contributed by atoms with Gasteiger partial charge in [-0.2, -0.15) is 0 Å². The summed E-state index contributed by atoms with van der Waals surface area (Å²) in [4.78, 5) is 29.9. The lowest BCUT2D eigenvalue weighted by atomic mass is 9.81. The number of carbonyl (C=O) groups is 2. The van der Waals surface area contributed by atoms with E-state index in [1.54, 1.807) is 12.1 Å². The third kappa shape index (κ3) is 6.35. The van der Waals surface area contributed by atoms with Gasteiger partial charge in [-0.3, -0.25) is 9.59 Å². The normalized spacial score (nSPS) is 11.9. The van der Waals surface area contributed by atoms with E-state index in [-0.39, 0.29) is 11.6 Å². The topological polar surface area (TPSA) is 37.4 Å². The molecule has 0 aromatic heterocycles. The van der Waals surface area contributed by atoms with Crippen molar-refractivity contribution in [3.05, 3.63) is 220 Å². The summed E-state index contributed by atoms with van der Waals surface area (Å²) >= 11 is 2.28. The van der Waals surface area contributed by atoms with Gasteiger partial charge < -0.3 is 4.90 Å². The fourth-order valence-electron chi connectivity index (χ4n) is 7.27. The molecule has 8 aromatic rings. The summed E-state index contributed by atoms with van der Waals surface area (Å²) in [6.45, 7) is 0. The van der Waals surface area contributed by atoms with E-state index in [1.165, 1.54) is 11.1 Å².